The van der Waals surface area contributed by atoms with E-state index in [1.807, 2.05) is 45.9 Å². The quantitative estimate of drug-likeness (QED) is 0.808. The van der Waals surface area contributed by atoms with Crippen LogP contribution in [0.5, 0.6) is 0 Å². The van der Waals surface area contributed by atoms with E-state index >= 15 is 0 Å². The maximum Gasteiger partial charge on any atom is 0.251 e. The van der Waals surface area contributed by atoms with Crippen molar-refractivity contribution in [3.05, 3.63) is 34.9 Å². The normalized spacial score (nSPS) is 11.3. The minimum atomic E-state index is -0.379. The minimum absolute atomic E-state index is 0.0665. The molecule has 0 atom stereocenters. The summed E-state index contributed by atoms with van der Waals surface area (Å²) in [6.07, 6.45) is 0. The summed E-state index contributed by atoms with van der Waals surface area (Å²) >= 11 is 5.78. The van der Waals surface area contributed by atoms with Gasteiger partial charge in [-0.3, -0.25) is 4.79 Å². The number of aryl methyl sites for hydroxylation is 2. The summed E-state index contributed by atoms with van der Waals surface area (Å²) in [6.45, 7) is 7.76. The Morgan fingerprint density at radius 1 is 1.38 bits per heavy atom. The largest absolute Gasteiger partial charge is 0.346 e. The highest BCUT2D eigenvalue weighted by Crippen LogP contribution is 2.12. The Morgan fingerprint density at radius 2 is 2.00 bits per heavy atom. The number of hydrogen-bond acceptors (Lipinski definition) is 1. The first kappa shape index (κ1) is 13.0. The van der Waals surface area contributed by atoms with Crippen LogP contribution in [0.15, 0.2) is 18.2 Å². The predicted octanol–water partition coefficient (Wildman–Crippen LogP) is 3.05. The van der Waals surface area contributed by atoms with E-state index in [0.29, 0.717) is 11.4 Å². The highest BCUT2D eigenvalue weighted by Gasteiger charge is 2.20. The van der Waals surface area contributed by atoms with Gasteiger partial charge in [-0.1, -0.05) is 17.7 Å². The van der Waals surface area contributed by atoms with Crippen molar-refractivity contribution in [3.63, 3.8) is 0 Å². The molecule has 0 aliphatic rings. The highest BCUT2D eigenvalue weighted by molar-refractivity contribution is 6.18. The van der Waals surface area contributed by atoms with Crippen LogP contribution >= 0.6 is 11.6 Å². The van der Waals surface area contributed by atoms with Gasteiger partial charge < -0.3 is 5.32 Å². The van der Waals surface area contributed by atoms with Gasteiger partial charge in [0.15, 0.2) is 0 Å². The van der Waals surface area contributed by atoms with Crippen LogP contribution in [0.1, 0.15) is 35.3 Å². The zero-order valence-corrected chi connectivity index (χ0v) is 11.0. The summed E-state index contributed by atoms with van der Waals surface area (Å²) in [5.74, 6) is 0.326. The number of amides is 1. The maximum absolute atomic E-state index is 12.0. The van der Waals surface area contributed by atoms with E-state index < -0.39 is 0 Å². The number of alkyl halides is 1. The van der Waals surface area contributed by atoms with Gasteiger partial charge in [-0.25, -0.2) is 0 Å². The first-order valence-electron chi connectivity index (χ1n) is 5.31. The van der Waals surface area contributed by atoms with Gasteiger partial charge in [0.2, 0.25) is 0 Å². The zero-order chi connectivity index (χ0) is 12.3. The Morgan fingerprint density at radius 3 is 2.50 bits per heavy atom. The van der Waals surface area contributed by atoms with E-state index in [2.05, 4.69) is 5.32 Å². The molecule has 16 heavy (non-hydrogen) atoms. The van der Waals surface area contributed by atoms with Crippen LogP contribution < -0.4 is 5.32 Å². The minimum Gasteiger partial charge on any atom is -0.346 e. The van der Waals surface area contributed by atoms with Crippen molar-refractivity contribution in [1.82, 2.24) is 5.32 Å². The maximum atomic E-state index is 12.0. The predicted molar refractivity (Wildman–Crippen MR) is 68.2 cm³/mol. The third kappa shape index (κ3) is 3.24. The molecule has 1 aromatic carbocycles. The average Bonchev–Trinajstić information content (AvgIpc) is 2.16. The lowest BCUT2D eigenvalue weighted by atomic mass is 10.0. The second-order valence-corrected chi connectivity index (χ2v) is 5.06. The number of carbonyl (C=O) groups is 1. The molecule has 88 valence electrons. The Bertz CT molecular complexity index is 399. The van der Waals surface area contributed by atoms with Crippen molar-refractivity contribution >= 4 is 17.5 Å². The molecule has 1 amide bonds. The Kier molecular flexibility index (Phi) is 3.98. The van der Waals surface area contributed by atoms with Gasteiger partial charge in [0, 0.05) is 17.0 Å². The molecule has 0 saturated heterocycles. The molecule has 1 N–H and O–H groups in total. The number of benzene rings is 1. The number of hydrogen-bond donors (Lipinski definition) is 1. The molecule has 0 fully saturated rings. The molecule has 0 saturated carbocycles. The molecule has 0 aromatic heterocycles. The van der Waals surface area contributed by atoms with Crippen molar-refractivity contribution in [3.8, 4) is 0 Å². The molecule has 0 bridgehead atoms. The molecule has 1 aromatic rings. The van der Waals surface area contributed by atoms with E-state index in [4.69, 9.17) is 11.6 Å². The number of rotatable bonds is 3. The van der Waals surface area contributed by atoms with Crippen LogP contribution in [0.4, 0.5) is 0 Å². The summed E-state index contributed by atoms with van der Waals surface area (Å²) < 4.78 is 0. The van der Waals surface area contributed by atoms with Crippen LogP contribution in [0.2, 0.25) is 0 Å². The Hall–Kier alpha value is -1.02. The van der Waals surface area contributed by atoms with E-state index in [1.54, 1.807) is 0 Å². The van der Waals surface area contributed by atoms with Gasteiger partial charge in [-0.05, 0) is 39.3 Å². The molecule has 0 aliphatic heterocycles. The smallest absolute Gasteiger partial charge is 0.251 e. The SMILES string of the molecule is Cc1ccc(C(=O)NC(C)(C)CCl)c(C)c1. The lowest BCUT2D eigenvalue weighted by Crippen LogP contribution is -2.45. The molecule has 0 radical (unpaired) electrons. The van der Waals surface area contributed by atoms with Crippen LogP contribution in [0, 0.1) is 13.8 Å². The van der Waals surface area contributed by atoms with E-state index in [-0.39, 0.29) is 11.4 Å². The summed E-state index contributed by atoms with van der Waals surface area (Å²) in [4.78, 5) is 12.0. The molecule has 0 heterocycles. The number of halogens is 1. The highest BCUT2D eigenvalue weighted by atomic mass is 35.5. The van der Waals surface area contributed by atoms with E-state index in [0.717, 1.165) is 11.1 Å². The standard InChI is InChI=1S/C13H18ClNO/c1-9-5-6-11(10(2)7-9)12(16)15-13(3,4)8-14/h5-7H,8H2,1-4H3,(H,15,16). The fourth-order valence-corrected chi connectivity index (χ4v) is 1.54. The third-order valence-electron chi connectivity index (χ3n) is 2.41. The second kappa shape index (κ2) is 4.88. The zero-order valence-electron chi connectivity index (χ0n) is 10.2. The van der Waals surface area contributed by atoms with Crippen molar-refractivity contribution < 1.29 is 4.79 Å². The Balaban J connectivity index is 2.89. The third-order valence-corrected chi connectivity index (χ3v) is 3.08. The van der Waals surface area contributed by atoms with Crippen LogP contribution in [-0.4, -0.2) is 17.3 Å². The molecule has 0 spiro atoms. The van der Waals surface area contributed by atoms with Crippen LogP contribution in [-0.2, 0) is 0 Å². The topological polar surface area (TPSA) is 29.1 Å². The molecule has 0 unspecified atom stereocenters. The van der Waals surface area contributed by atoms with Gasteiger partial charge in [0.25, 0.3) is 5.91 Å². The summed E-state index contributed by atoms with van der Waals surface area (Å²) in [5.41, 5.74) is 2.48. The van der Waals surface area contributed by atoms with Crippen LogP contribution in [0.25, 0.3) is 0 Å². The summed E-state index contributed by atoms with van der Waals surface area (Å²) in [7, 11) is 0. The van der Waals surface area contributed by atoms with E-state index in [9.17, 15) is 4.79 Å². The fraction of sp³-hybridized carbons (Fsp3) is 0.462. The number of carbonyl (C=O) groups excluding carboxylic acids is 1. The van der Waals surface area contributed by atoms with Gasteiger partial charge in [-0.2, -0.15) is 0 Å². The van der Waals surface area contributed by atoms with Crippen molar-refractivity contribution in [2.75, 3.05) is 5.88 Å². The molecule has 1 rings (SSSR count). The van der Waals surface area contributed by atoms with Crippen LogP contribution in [0.3, 0.4) is 0 Å². The summed E-state index contributed by atoms with van der Waals surface area (Å²) in [6, 6.07) is 5.79. The van der Waals surface area contributed by atoms with Crippen molar-refractivity contribution in [2.45, 2.75) is 33.2 Å². The summed E-state index contributed by atoms with van der Waals surface area (Å²) in [5, 5.41) is 2.91. The molecule has 3 heteroatoms. The van der Waals surface area contributed by atoms with Crippen molar-refractivity contribution in [2.24, 2.45) is 0 Å². The van der Waals surface area contributed by atoms with Gasteiger partial charge in [0.1, 0.15) is 0 Å². The molecular weight excluding hydrogens is 222 g/mol. The Labute approximate surface area is 102 Å². The molecular formula is C13H18ClNO. The first-order valence-corrected chi connectivity index (χ1v) is 5.85. The second-order valence-electron chi connectivity index (χ2n) is 4.79. The molecule has 2 nitrogen and oxygen atoms in total. The lowest BCUT2D eigenvalue weighted by Gasteiger charge is -2.23. The fourth-order valence-electron chi connectivity index (χ4n) is 1.48. The lowest BCUT2D eigenvalue weighted by molar-refractivity contribution is 0.0920. The van der Waals surface area contributed by atoms with Gasteiger partial charge in [0.05, 0.1) is 0 Å². The van der Waals surface area contributed by atoms with Gasteiger partial charge in [-0.15, -0.1) is 11.6 Å². The van der Waals surface area contributed by atoms with Crippen molar-refractivity contribution in [1.29, 1.82) is 0 Å². The number of nitrogens with one attached hydrogen (secondary N) is 1. The van der Waals surface area contributed by atoms with Gasteiger partial charge >= 0.3 is 0 Å². The average molecular weight is 240 g/mol. The van der Waals surface area contributed by atoms with E-state index in [1.165, 1.54) is 0 Å². The molecule has 0 aliphatic carbocycles. The monoisotopic (exact) mass is 239 g/mol. The first-order chi connectivity index (χ1) is 7.35.